The topological polar surface area (TPSA) is 47.6 Å². The first-order valence-electron chi connectivity index (χ1n) is 7.02. The number of methoxy groups -OCH3 is 1. The maximum absolute atomic E-state index is 12.5. The molecule has 2 rings (SSSR count). The second kappa shape index (κ2) is 7.70. The maximum Gasteiger partial charge on any atom is 0.259 e. The monoisotopic (exact) mass is 331 g/mol. The third kappa shape index (κ3) is 4.50. The highest BCUT2D eigenvalue weighted by Gasteiger charge is 2.13. The van der Waals surface area contributed by atoms with E-state index in [0.29, 0.717) is 34.4 Å². The van der Waals surface area contributed by atoms with E-state index in [1.54, 1.807) is 36.4 Å². The van der Waals surface area contributed by atoms with Crippen LogP contribution in [0.2, 0.25) is 5.02 Å². The Kier molecular flexibility index (Phi) is 5.66. The average Bonchev–Trinajstić information content (AvgIpc) is 2.53. The van der Waals surface area contributed by atoms with E-state index in [1.165, 1.54) is 7.11 Å². The van der Waals surface area contributed by atoms with Gasteiger partial charge in [-0.2, -0.15) is 0 Å². The number of ether oxygens (including phenoxy) is 2. The Morgan fingerprint density at radius 1 is 1.22 bits per heavy atom. The van der Waals surface area contributed by atoms with Gasteiger partial charge >= 0.3 is 0 Å². The van der Waals surface area contributed by atoms with Crippen LogP contribution in [0.5, 0.6) is 11.5 Å². The Bertz CT molecular complexity index is 728. The lowest BCUT2D eigenvalue weighted by Crippen LogP contribution is -2.14. The number of nitrogens with one attached hydrogen (secondary N) is 1. The first-order valence-corrected chi connectivity index (χ1v) is 7.40. The van der Waals surface area contributed by atoms with Crippen molar-refractivity contribution in [1.29, 1.82) is 0 Å². The van der Waals surface area contributed by atoms with Crippen molar-refractivity contribution >= 4 is 23.2 Å². The third-order valence-corrected chi connectivity index (χ3v) is 3.31. The molecule has 0 saturated heterocycles. The van der Waals surface area contributed by atoms with E-state index in [9.17, 15) is 4.79 Å². The van der Waals surface area contributed by atoms with Crippen LogP contribution < -0.4 is 14.8 Å². The Hall–Kier alpha value is -2.46. The van der Waals surface area contributed by atoms with Crippen LogP contribution in [0.4, 0.5) is 5.69 Å². The molecule has 2 aromatic carbocycles. The molecule has 4 nitrogen and oxygen atoms in total. The Balaban J connectivity index is 2.17. The lowest BCUT2D eigenvalue weighted by molar-refractivity contribution is 0.102. The molecule has 2 aromatic rings. The summed E-state index contributed by atoms with van der Waals surface area (Å²) >= 11 is 6.06. The lowest BCUT2D eigenvalue weighted by Gasteiger charge is -2.12. The van der Waals surface area contributed by atoms with Crippen LogP contribution in [0, 0.1) is 0 Å². The van der Waals surface area contributed by atoms with E-state index < -0.39 is 0 Å². The molecule has 0 atom stereocenters. The zero-order valence-corrected chi connectivity index (χ0v) is 13.8. The first-order chi connectivity index (χ1) is 11.0. The van der Waals surface area contributed by atoms with Crippen molar-refractivity contribution in [2.75, 3.05) is 19.0 Å². The van der Waals surface area contributed by atoms with Gasteiger partial charge in [0.05, 0.1) is 17.7 Å². The highest BCUT2D eigenvalue weighted by atomic mass is 35.5. The molecule has 0 bridgehead atoms. The van der Waals surface area contributed by atoms with Crippen LogP contribution in [0.25, 0.3) is 0 Å². The van der Waals surface area contributed by atoms with Crippen molar-refractivity contribution in [3.63, 3.8) is 0 Å². The minimum Gasteiger partial charge on any atom is -0.495 e. The van der Waals surface area contributed by atoms with E-state index in [4.69, 9.17) is 21.1 Å². The maximum atomic E-state index is 12.5. The van der Waals surface area contributed by atoms with Crippen LogP contribution >= 0.6 is 11.6 Å². The Labute approximate surface area is 140 Å². The fraction of sp³-hybridized carbons (Fsp3) is 0.167. The SMILES string of the molecule is C=C(C)COc1ccccc1C(=O)Nc1ccc(OC)c(Cl)c1. The fourth-order valence-electron chi connectivity index (χ4n) is 1.92. The number of halogens is 1. The van der Waals surface area contributed by atoms with Gasteiger partial charge in [0.15, 0.2) is 0 Å². The number of hydrogen-bond donors (Lipinski definition) is 1. The highest BCUT2D eigenvalue weighted by Crippen LogP contribution is 2.28. The number of carbonyl (C=O) groups excluding carboxylic acids is 1. The average molecular weight is 332 g/mol. The standard InChI is InChI=1S/C18H18ClNO3/c1-12(2)11-23-16-7-5-4-6-14(16)18(21)20-13-8-9-17(22-3)15(19)10-13/h4-10H,1,11H2,2-3H3,(H,20,21). The van der Waals surface area contributed by atoms with Gasteiger partial charge in [0.2, 0.25) is 0 Å². The summed E-state index contributed by atoms with van der Waals surface area (Å²) in [6.07, 6.45) is 0. The van der Waals surface area contributed by atoms with Gasteiger partial charge in [-0.1, -0.05) is 30.3 Å². The van der Waals surface area contributed by atoms with Gasteiger partial charge in [-0.15, -0.1) is 0 Å². The zero-order chi connectivity index (χ0) is 16.8. The summed E-state index contributed by atoms with van der Waals surface area (Å²) in [5, 5.41) is 3.22. The smallest absolute Gasteiger partial charge is 0.259 e. The number of anilines is 1. The summed E-state index contributed by atoms with van der Waals surface area (Å²) in [6, 6.07) is 12.1. The van der Waals surface area contributed by atoms with E-state index in [2.05, 4.69) is 11.9 Å². The predicted molar refractivity (Wildman–Crippen MR) is 92.7 cm³/mol. The second-order valence-electron chi connectivity index (χ2n) is 5.05. The summed E-state index contributed by atoms with van der Waals surface area (Å²) < 4.78 is 10.7. The van der Waals surface area contributed by atoms with Crippen LogP contribution in [0.3, 0.4) is 0 Å². The van der Waals surface area contributed by atoms with Crippen LogP contribution in [0.15, 0.2) is 54.6 Å². The molecule has 0 unspecified atom stereocenters. The molecule has 5 heteroatoms. The second-order valence-corrected chi connectivity index (χ2v) is 5.45. The molecule has 0 aliphatic rings. The largest absolute Gasteiger partial charge is 0.495 e. The van der Waals surface area contributed by atoms with Gasteiger partial charge in [0.1, 0.15) is 18.1 Å². The molecule has 0 fully saturated rings. The highest BCUT2D eigenvalue weighted by molar-refractivity contribution is 6.32. The molecule has 0 aromatic heterocycles. The van der Waals surface area contributed by atoms with Gasteiger partial charge in [0.25, 0.3) is 5.91 Å². The van der Waals surface area contributed by atoms with E-state index in [1.807, 2.05) is 13.0 Å². The molecule has 0 saturated carbocycles. The molecule has 0 aliphatic carbocycles. The lowest BCUT2D eigenvalue weighted by atomic mass is 10.1. The molecular formula is C18H18ClNO3. The first kappa shape index (κ1) is 16.9. The van der Waals surface area contributed by atoms with Crippen LogP contribution in [0.1, 0.15) is 17.3 Å². The number of carbonyl (C=O) groups is 1. The number of hydrogen-bond acceptors (Lipinski definition) is 3. The summed E-state index contributed by atoms with van der Waals surface area (Å²) in [7, 11) is 1.54. The van der Waals surface area contributed by atoms with Gasteiger partial charge < -0.3 is 14.8 Å². The van der Waals surface area contributed by atoms with E-state index in [-0.39, 0.29) is 5.91 Å². The van der Waals surface area contributed by atoms with E-state index >= 15 is 0 Å². The van der Waals surface area contributed by atoms with Crippen molar-refractivity contribution in [2.24, 2.45) is 0 Å². The van der Waals surface area contributed by atoms with Crippen molar-refractivity contribution in [3.05, 3.63) is 65.2 Å². The van der Waals surface area contributed by atoms with E-state index in [0.717, 1.165) is 5.57 Å². The van der Waals surface area contributed by atoms with Gasteiger partial charge in [0, 0.05) is 5.69 Å². The Morgan fingerprint density at radius 3 is 2.61 bits per heavy atom. The minimum atomic E-state index is -0.274. The van der Waals surface area contributed by atoms with Crippen molar-refractivity contribution < 1.29 is 14.3 Å². The predicted octanol–water partition coefficient (Wildman–Crippen LogP) is 4.56. The van der Waals surface area contributed by atoms with Crippen molar-refractivity contribution in [3.8, 4) is 11.5 Å². The molecule has 120 valence electrons. The number of benzene rings is 2. The van der Waals surface area contributed by atoms with Crippen molar-refractivity contribution in [1.82, 2.24) is 0 Å². The summed E-state index contributed by atoms with van der Waals surface area (Å²) in [4.78, 5) is 12.5. The molecule has 1 amide bonds. The fourth-order valence-corrected chi connectivity index (χ4v) is 2.18. The summed E-state index contributed by atoms with van der Waals surface area (Å²) in [5.41, 5.74) is 1.90. The van der Waals surface area contributed by atoms with Crippen LogP contribution in [-0.4, -0.2) is 19.6 Å². The molecule has 0 radical (unpaired) electrons. The number of amides is 1. The molecule has 23 heavy (non-hydrogen) atoms. The van der Waals surface area contributed by atoms with Crippen LogP contribution in [-0.2, 0) is 0 Å². The minimum absolute atomic E-state index is 0.274. The normalized spacial score (nSPS) is 10.0. The van der Waals surface area contributed by atoms with Gasteiger partial charge in [-0.05, 0) is 42.8 Å². The zero-order valence-electron chi connectivity index (χ0n) is 13.1. The molecule has 1 N–H and O–H groups in total. The molecule has 0 heterocycles. The molecule has 0 spiro atoms. The summed E-state index contributed by atoms with van der Waals surface area (Å²) in [6.45, 7) is 6.01. The quantitative estimate of drug-likeness (QED) is 0.789. The number of rotatable bonds is 6. The Morgan fingerprint density at radius 2 is 1.96 bits per heavy atom. The van der Waals surface area contributed by atoms with Crippen molar-refractivity contribution in [2.45, 2.75) is 6.92 Å². The molecular weight excluding hydrogens is 314 g/mol. The van der Waals surface area contributed by atoms with Gasteiger partial charge in [-0.3, -0.25) is 4.79 Å². The third-order valence-electron chi connectivity index (χ3n) is 3.02. The van der Waals surface area contributed by atoms with Gasteiger partial charge in [-0.25, -0.2) is 0 Å². The molecule has 0 aliphatic heterocycles. The summed E-state index contributed by atoms with van der Waals surface area (Å²) in [5.74, 6) is 0.783. The number of para-hydroxylation sites is 1.